The molecule has 150 valence electrons. The maximum Gasteiger partial charge on any atom is 0.341 e. The number of H-pyrrole nitrogens is 1. The van der Waals surface area contributed by atoms with Crippen molar-refractivity contribution in [1.29, 1.82) is 0 Å². The average molecular weight is 402 g/mol. The third-order valence-corrected chi connectivity index (χ3v) is 5.59. The van der Waals surface area contributed by atoms with E-state index in [9.17, 15) is 19.1 Å². The first kappa shape index (κ1) is 17.7. The number of hydrogen-bond acceptors (Lipinski definition) is 6. The molecular weight excluding hydrogens is 386 g/mol. The van der Waals surface area contributed by atoms with E-state index in [1.165, 1.54) is 10.8 Å². The number of anilines is 1. The number of rotatable bonds is 4. The van der Waals surface area contributed by atoms with Crippen LogP contribution in [0.15, 0.2) is 17.1 Å². The summed E-state index contributed by atoms with van der Waals surface area (Å²) in [7, 11) is 0. The predicted molar refractivity (Wildman–Crippen MR) is 97.1 cm³/mol. The van der Waals surface area contributed by atoms with Gasteiger partial charge in [-0.05, 0) is 25.3 Å². The Kier molecular flexibility index (Phi) is 3.86. The Morgan fingerprint density at radius 3 is 2.72 bits per heavy atom. The normalized spacial score (nSPS) is 19.2. The molecule has 0 spiro atoms. The summed E-state index contributed by atoms with van der Waals surface area (Å²) in [5.74, 6) is -2.81. The molecule has 2 fully saturated rings. The number of pyridine rings is 1. The summed E-state index contributed by atoms with van der Waals surface area (Å²) in [6.07, 6.45) is 3.25. The molecule has 0 radical (unpaired) electrons. The van der Waals surface area contributed by atoms with E-state index in [4.69, 9.17) is 0 Å². The summed E-state index contributed by atoms with van der Waals surface area (Å²) >= 11 is 0. The molecule has 1 aliphatic carbocycles. The zero-order chi connectivity index (χ0) is 20.3. The highest BCUT2D eigenvalue weighted by Gasteiger charge is 2.34. The van der Waals surface area contributed by atoms with Crippen molar-refractivity contribution in [2.75, 3.05) is 18.0 Å². The fourth-order valence-corrected chi connectivity index (χ4v) is 4.03. The maximum absolute atomic E-state index is 15.6. The molecule has 11 heteroatoms. The van der Waals surface area contributed by atoms with E-state index in [0.717, 1.165) is 18.9 Å². The van der Waals surface area contributed by atoms with Crippen molar-refractivity contribution in [3.63, 3.8) is 0 Å². The largest absolute Gasteiger partial charge is 0.477 e. The number of fused-ring (bicyclic) bond motifs is 1. The second-order valence-corrected chi connectivity index (χ2v) is 7.43. The summed E-state index contributed by atoms with van der Waals surface area (Å²) in [5, 5.41) is 22.8. The van der Waals surface area contributed by atoms with Crippen molar-refractivity contribution in [3.8, 4) is 0 Å². The summed E-state index contributed by atoms with van der Waals surface area (Å²) < 4.78 is 32.0. The first-order chi connectivity index (χ1) is 14.0. The van der Waals surface area contributed by atoms with Crippen LogP contribution in [-0.2, 0) is 0 Å². The van der Waals surface area contributed by atoms with Crippen molar-refractivity contribution in [2.45, 2.75) is 31.2 Å². The minimum absolute atomic E-state index is 0.0538. The SMILES string of the molecule is O=C(O)c1cn(C2CC2)c2c(F)c(N3CCC(c4nn[nH]n4)C3)c(F)cc2c1=O. The fraction of sp³-hybridized carbons (Fsp3) is 0.389. The van der Waals surface area contributed by atoms with Crippen molar-refractivity contribution in [2.24, 2.45) is 0 Å². The highest BCUT2D eigenvalue weighted by molar-refractivity contribution is 5.94. The molecule has 1 aromatic carbocycles. The molecule has 0 bridgehead atoms. The summed E-state index contributed by atoms with van der Waals surface area (Å²) in [5.41, 5.74) is -1.66. The van der Waals surface area contributed by atoms with Gasteiger partial charge in [-0.2, -0.15) is 5.21 Å². The molecule has 2 aliphatic rings. The second-order valence-electron chi connectivity index (χ2n) is 7.43. The van der Waals surface area contributed by atoms with Crippen LogP contribution in [0, 0.1) is 11.6 Å². The van der Waals surface area contributed by atoms with Gasteiger partial charge in [-0.3, -0.25) is 4.79 Å². The van der Waals surface area contributed by atoms with Crippen molar-refractivity contribution in [3.05, 3.63) is 45.5 Å². The smallest absolute Gasteiger partial charge is 0.341 e. The number of carboxylic acids is 1. The molecular formula is C18H16F2N6O3. The third kappa shape index (κ3) is 2.76. The second kappa shape index (κ2) is 6.33. The number of hydrogen-bond donors (Lipinski definition) is 2. The van der Waals surface area contributed by atoms with E-state index in [-0.39, 0.29) is 28.6 Å². The Balaban J connectivity index is 1.66. The Morgan fingerprint density at radius 2 is 2.07 bits per heavy atom. The molecule has 9 nitrogen and oxygen atoms in total. The Morgan fingerprint density at radius 1 is 1.28 bits per heavy atom. The van der Waals surface area contributed by atoms with E-state index < -0.39 is 28.6 Å². The number of halogens is 2. The molecule has 1 saturated carbocycles. The van der Waals surface area contributed by atoms with Crippen LogP contribution in [0.1, 0.15) is 47.4 Å². The lowest BCUT2D eigenvalue weighted by Gasteiger charge is -2.22. The molecule has 1 saturated heterocycles. The van der Waals surface area contributed by atoms with Crippen LogP contribution in [0.5, 0.6) is 0 Å². The van der Waals surface area contributed by atoms with Gasteiger partial charge in [0, 0.05) is 31.2 Å². The summed E-state index contributed by atoms with van der Waals surface area (Å²) in [6.45, 7) is 0.694. The highest BCUT2D eigenvalue weighted by Crippen LogP contribution is 2.40. The van der Waals surface area contributed by atoms with E-state index in [1.807, 2.05) is 0 Å². The lowest BCUT2D eigenvalue weighted by Crippen LogP contribution is -2.24. The standard InChI is InChI=1S/C18H16F2N6O3/c19-12-5-10-14(26(9-1-2-9)7-11(16(10)27)18(28)29)13(20)15(12)25-4-3-8(6-25)17-21-23-24-22-17/h5,7-9H,1-4,6H2,(H,28,29)(H,21,22,23,24). The van der Waals surface area contributed by atoms with Gasteiger partial charge >= 0.3 is 5.97 Å². The predicted octanol–water partition coefficient (Wildman–Crippen LogP) is 1.82. The number of tetrazole rings is 1. The van der Waals surface area contributed by atoms with Crippen molar-refractivity contribution in [1.82, 2.24) is 25.2 Å². The van der Waals surface area contributed by atoms with Gasteiger partial charge in [0.25, 0.3) is 0 Å². The van der Waals surface area contributed by atoms with E-state index >= 15 is 4.39 Å². The molecule has 5 rings (SSSR count). The zero-order valence-electron chi connectivity index (χ0n) is 15.1. The van der Waals surface area contributed by atoms with Gasteiger partial charge in [0.05, 0.1) is 10.9 Å². The Labute approximate surface area is 161 Å². The van der Waals surface area contributed by atoms with Gasteiger partial charge in [0.1, 0.15) is 17.1 Å². The number of aromatic nitrogens is 5. The molecule has 0 amide bonds. The number of carbonyl (C=O) groups is 1. The number of aromatic carboxylic acids is 1. The van der Waals surface area contributed by atoms with Gasteiger partial charge < -0.3 is 14.6 Å². The summed E-state index contributed by atoms with van der Waals surface area (Å²) in [4.78, 5) is 25.5. The van der Waals surface area contributed by atoms with Gasteiger partial charge in [0.2, 0.25) is 5.43 Å². The zero-order valence-corrected chi connectivity index (χ0v) is 15.1. The van der Waals surface area contributed by atoms with Crippen LogP contribution >= 0.6 is 0 Å². The van der Waals surface area contributed by atoms with Crippen molar-refractivity contribution >= 4 is 22.6 Å². The quantitative estimate of drug-likeness (QED) is 0.684. The highest BCUT2D eigenvalue weighted by atomic mass is 19.1. The molecule has 1 aliphatic heterocycles. The van der Waals surface area contributed by atoms with Crippen LogP contribution in [0.25, 0.3) is 10.9 Å². The van der Waals surface area contributed by atoms with Gasteiger partial charge in [-0.25, -0.2) is 13.6 Å². The number of nitrogens with zero attached hydrogens (tertiary/aromatic N) is 5. The van der Waals surface area contributed by atoms with Gasteiger partial charge in [0.15, 0.2) is 11.6 Å². The minimum Gasteiger partial charge on any atom is -0.477 e. The number of aromatic amines is 1. The van der Waals surface area contributed by atoms with Crippen LogP contribution in [-0.4, -0.2) is 49.4 Å². The Bertz CT molecular complexity index is 1190. The number of carboxylic acid groups (broad SMARTS) is 1. The van der Waals surface area contributed by atoms with E-state index in [2.05, 4.69) is 20.6 Å². The van der Waals surface area contributed by atoms with E-state index in [0.29, 0.717) is 25.3 Å². The number of nitrogens with one attached hydrogen (secondary N) is 1. The monoisotopic (exact) mass is 402 g/mol. The molecule has 1 atom stereocenters. The van der Waals surface area contributed by atoms with Gasteiger partial charge in [-0.15, -0.1) is 10.2 Å². The molecule has 29 heavy (non-hydrogen) atoms. The molecule has 2 aromatic heterocycles. The number of benzene rings is 1. The van der Waals surface area contributed by atoms with Crippen molar-refractivity contribution < 1.29 is 18.7 Å². The molecule has 3 aromatic rings. The molecule has 2 N–H and O–H groups in total. The minimum atomic E-state index is -1.42. The fourth-order valence-electron chi connectivity index (χ4n) is 4.03. The average Bonchev–Trinajstić information content (AvgIpc) is 3.16. The van der Waals surface area contributed by atoms with Crippen LogP contribution < -0.4 is 10.3 Å². The third-order valence-electron chi connectivity index (χ3n) is 5.59. The maximum atomic E-state index is 15.6. The first-order valence-electron chi connectivity index (χ1n) is 9.24. The molecule has 3 heterocycles. The van der Waals surface area contributed by atoms with Crippen LogP contribution in [0.2, 0.25) is 0 Å². The van der Waals surface area contributed by atoms with Gasteiger partial charge in [-0.1, -0.05) is 5.21 Å². The topological polar surface area (TPSA) is 117 Å². The van der Waals surface area contributed by atoms with Crippen LogP contribution in [0.3, 0.4) is 0 Å². The lowest BCUT2D eigenvalue weighted by atomic mass is 10.1. The van der Waals surface area contributed by atoms with Crippen LogP contribution in [0.4, 0.5) is 14.5 Å². The first-order valence-corrected chi connectivity index (χ1v) is 9.24. The van der Waals surface area contributed by atoms with E-state index in [1.54, 1.807) is 4.90 Å². The lowest BCUT2D eigenvalue weighted by molar-refractivity contribution is 0.0695. The Hall–Kier alpha value is -3.37. The summed E-state index contributed by atoms with van der Waals surface area (Å²) in [6, 6.07) is 0.845. The molecule has 1 unspecified atom stereocenters.